The fourth-order valence-corrected chi connectivity index (χ4v) is 3.64. The fourth-order valence-electron chi connectivity index (χ4n) is 3.64. The standard InChI is InChI=1S/C23H34N4O2/c1-4-5-18-29-21-8-6-20(7-9-21)23(28)27-16-13-25(14-17-27)12-15-26-11-10-24-22(26)19(2)3/h6-11,19H,4-5,12-18H2,1-3H3. The lowest BCUT2D eigenvalue weighted by Crippen LogP contribution is -2.49. The van der Waals surface area contributed by atoms with Gasteiger partial charge in [-0.2, -0.15) is 0 Å². The molecule has 6 nitrogen and oxygen atoms in total. The molecule has 6 heteroatoms. The van der Waals surface area contributed by atoms with Gasteiger partial charge in [-0.1, -0.05) is 27.2 Å². The summed E-state index contributed by atoms with van der Waals surface area (Å²) in [6, 6.07) is 7.55. The zero-order chi connectivity index (χ0) is 20.6. The number of carbonyl (C=O) groups excluding carboxylic acids is 1. The van der Waals surface area contributed by atoms with Crippen molar-refractivity contribution in [2.24, 2.45) is 0 Å². The van der Waals surface area contributed by atoms with Crippen molar-refractivity contribution in [2.45, 2.75) is 46.1 Å². The van der Waals surface area contributed by atoms with Crippen molar-refractivity contribution in [1.29, 1.82) is 0 Å². The molecule has 1 aliphatic rings. The van der Waals surface area contributed by atoms with Crippen LogP contribution in [-0.4, -0.2) is 64.6 Å². The van der Waals surface area contributed by atoms with Crippen LogP contribution in [0, 0.1) is 0 Å². The number of carbonyl (C=O) groups is 1. The highest BCUT2D eigenvalue weighted by Crippen LogP contribution is 2.16. The van der Waals surface area contributed by atoms with Crippen LogP contribution in [0.2, 0.25) is 0 Å². The van der Waals surface area contributed by atoms with Crippen molar-refractivity contribution in [2.75, 3.05) is 39.3 Å². The first kappa shape index (κ1) is 21.4. The topological polar surface area (TPSA) is 50.6 Å². The van der Waals surface area contributed by atoms with Gasteiger partial charge in [0.05, 0.1) is 6.61 Å². The number of unbranched alkanes of at least 4 members (excludes halogenated alkanes) is 1. The van der Waals surface area contributed by atoms with Gasteiger partial charge in [-0.3, -0.25) is 9.69 Å². The fraction of sp³-hybridized carbons (Fsp3) is 0.565. The molecule has 29 heavy (non-hydrogen) atoms. The highest BCUT2D eigenvalue weighted by Gasteiger charge is 2.22. The molecular weight excluding hydrogens is 364 g/mol. The lowest BCUT2D eigenvalue weighted by molar-refractivity contribution is 0.0633. The summed E-state index contributed by atoms with van der Waals surface area (Å²) in [6.45, 7) is 12.5. The van der Waals surface area contributed by atoms with E-state index in [1.807, 2.05) is 35.4 Å². The van der Waals surface area contributed by atoms with E-state index in [4.69, 9.17) is 4.74 Å². The van der Waals surface area contributed by atoms with Crippen molar-refractivity contribution in [1.82, 2.24) is 19.4 Å². The number of rotatable bonds is 9. The first-order chi connectivity index (χ1) is 14.1. The van der Waals surface area contributed by atoms with Crippen molar-refractivity contribution < 1.29 is 9.53 Å². The van der Waals surface area contributed by atoms with Gasteiger partial charge in [-0.25, -0.2) is 4.98 Å². The maximum absolute atomic E-state index is 12.8. The predicted molar refractivity (Wildman–Crippen MR) is 116 cm³/mol. The summed E-state index contributed by atoms with van der Waals surface area (Å²) in [5.41, 5.74) is 0.737. The molecule has 158 valence electrons. The molecule has 1 aromatic carbocycles. The highest BCUT2D eigenvalue weighted by molar-refractivity contribution is 5.94. The van der Waals surface area contributed by atoms with Crippen molar-refractivity contribution in [3.05, 3.63) is 48.0 Å². The van der Waals surface area contributed by atoms with Crippen LogP contribution >= 0.6 is 0 Å². The molecule has 1 saturated heterocycles. The van der Waals surface area contributed by atoms with Crippen LogP contribution in [-0.2, 0) is 6.54 Å². The van der Waals surface area contributed by atoms with E-state index in [1.54, 1.807) is 0 Å². The Bertz CT molecular complexity index is 761. The zero-order valence-corrected chi connectivity index (χ0v) is 18.0. The summed E-state index contributed by atoms with van der Waals surface area (Å²) in [5.74, 6) is 2.52. The Kier molecular flexibility index (Phi) is 7.69. The number of amides is 1. The normalized spacial score (nSPS) is 15.1. The predicted octanol–water partition coefficient (Wildman–Crippen LogP) is 3.64. The zero-order valence-electron chi connectivity index (χ0n) is 18.0. The van der Waals surface area contributed by atoms with E-state index in [1.165, 1.54) is 0 Å². The molecule has 0 radical (unpaired) electrons. The van der Waals surface area contributed by atoms with Crippen molar-refractivity contribution >= 4 is 5.91 Å². The number of imidazole rings is 1. The van der Waals surface area contributed by atoms with Gasteiger partial charge in [-0.15, -0.1) is 0 Å². The molecule has 0 aliphatic carbocycles. The van der Waals surface area contributed by atoms with E-state index in [0.29, 0.717) is 5.92 Å². The maximum Gasteiger partial charge on any atom is 0.253 e. The minimum atomic E-state index is 0.112. The van der Waals surface area contributed by atoms with Gasteiger partial charge in [0, 0.05) is 63.1 Å². The Hall–Kier alpha value is -2.34. The van der Waals surface area contributed by atoms with Gasteiger partial charge in [0.2, 0.25) is 0 Å². The van der Waals surface area contributed by atoms with Crippen LogP contribution in [0.1, 0.15) is 55.7 Å². The molecule has 2 aromatic rings. The monoisotopic (exact) mass is 398 g/mol. The molecule has 3 rings (SSSR count). The molecule has 1 aromatic heterocycles. The number of nitrogens with zero attached hydrogens (tertiary/aromatic N) is 4. The third kappa shape index (κ3) is 5.82. The highest BCUT2D eigenvalue weighted by atomic mass is 16.5. The molecule has 0 atom stereocenters. The molecule has 1 fully saturated rings. The summed E-state index contributed by atoms with van der Waals surface area (Å²) >= 11 is 0. The molecule has 0 bridgehead atoms. The minimum Gasteiger partial charge on any atom is -0.494 e. The molecule has 1 aliphatic heterocycles. The molecule has 2 heterocycles. The van der Waals surface area contributed by atoms with Crippen LogP contribution in [0.15, 0.2) is 36.7 Å². The SMILES string of the molecule is CCCCOc1ccc(C(=O)N2CCN(CCn3ccnc3C(C)C)CC2)cc1. The van der Waals surface area contributed by atoms with Crippen LogP contribution in [0.25, 0.3) is 0 Å². The summed E-state index contributed by atoms with van der Waals surface area (Å²) in [4.78, 5) is 21.6. The van der Waals surface area contributed by atoms with Gasteiger partial charge in [0.25, 0.3) is 5.91 Å². The summed E-state index contributed by atoms with van der Waals surface area (Å²) in [5, 5.41) is 0. The number of ether oxygens (including phenoxy) is 1. The number of hydrogen-bond donors (Lipinski definition) is 0. The van der Waals surface area contributed by atoms with Crippen LogP contribution in [0.5, 0.6) is 5.75 Å². The van der Waals surface area contributed by atoms with Crippen LogP contribution < -0.4 is 4.74 Å². The first-order valence-corrected chi connectivity index (χ1v) is 10.8. The molecule has 0 unspecified atom stereocenters. The lowest BCUT2D eigenvalue weighted by Gasteiger charge is -2.35. The van der Waals surface area contributed by atoms with E-state index in [2.05, 4.69) is 41.4 Å². The molecule has 0 N–H and O–H groups in total. The van der Waals surface area contributed by atoms with Crippen molar-refractivity contribution in [3.63, 3.8) is 0 Å². The number of benzene rings is 1. The second kappa shape index (κ2) is 10.4. The average Bonchev–Trinajstić information content (AvgIpc) is 3.22. The van der Waals surface area contributed by atoms with Gasteiger partial charge < -0.3 is 14.2 Å². The second-order valence-corrected chi connectivity index (χ2v) is 7.99. The Morgan fingerprint density at radius 2 is 1.83 bits per heavy atom. The molecular formula is C23H34N4O2. The van der Waals surface area contributed by atoms with E-state index in [-0.39, 0.29) is 5.91 Å². The molecule has 0 saturated carbocycles. The quantitative estimate of drug-likeness (QED) is 0.605. The van der Waals surface area contributed by atoms with Crippen LogP contribution in [0.3, 0.4) is 0 Å². The van der Waals surface area contributed by atoms with Gasteiger partial charge in [-0.05, 0) is 30.7 Å². The lowest BCUT2D eigenvalue weighted by atomic mass is 10.1. The molecule has 1 amide bonds. The van der Waals surface area contributed by atoms with Crippen molar-refractivity contribution in [3.8, 4) is 5.75 Å². The number of hydrogen-bond acceptors (Lipinski definition) is 4. The van der Waals surface area contributed by atoms with E-state index >= 15 is 0 Å². The van der Waals surface area contributed by atoms with E-state index in [9.17, 15) is 4.79 Å². The smallest absolute Gasteiger partial charge is 0.253 e. The molecule has 0 spiro atoms. The van der Waals surface area contributed by atoms with Gasteiger partial charge in [0.15, 0.2) is 0 Å². The summed E-state index contributed by atoms with van der Waals surface area (Å²) in [6.07, 6.45) is 6.10. The number of piperazine rings is 1. The van der Waals surface area contributed by atoms with Gasteiger partial charge >= 0.3 is 0 Å². The third-order valence-corrected chi connectivity index (χ3v) is 5.45. The maximum atomic E-state index is 12.8. The Balaban J connectivity index is 1.45. The van der Waals surface area contributed by atoms with E-state index in [0.717, 1.165) is 75.9 Å². The number of aromatic nitrogens is 2. The third-order valence-electron chi connectivity index (χ3n) is 5.45. The largest absolute Gasteiger partial charge is 0.494 e. The average molecular weight is 399 g/mol. The Morgan fingerprint density at radius 1 is 1.10 bits per heavy atom. The second-order valence-electron chi connectivity index (χ2n) is 7.99. The Labute approximate surface area is 174 Å². The van der Waals surface area contributed by atoms with Gasteiger partial charge in [0.1, 0.15) is 11.6 Å². The van der Waals surface area contributed by atoms with E-state index < -0.39 is 0 Å². The first-order valence-electron chi connectivity index (χ1n) is 10.8. The van der Waals surface area contributed by atoms with Crippen LogP contribution in [0.4, 0.5) is 0 Å². The summed E-state index contributed by atoms with van der Waals surface area (Å²) < 4.78 is 7.93. The Morgan fingerprint density at radius 3 is 2.48 bits per heavy atom. The summed E-state index contributed by atoms with van der Waals surface area (Å²) in [7, 11) is 0. The minimum absolute atomic E-state index is 0.112.